The molecule has 2 aliphatic rings. The van der Waals surface area contributed by atoms with E-state index in [0.717, 1.165) is 37.7 Å². The third-order valence-electron chi connectivity index (χ3n) is 7.73. The summed E-state index contributed by atoms with van der Waals surface area (Å²) in [6, 6.07) is 5.44. The number of amides is 2. The van der Waals surface area contributed by atoms with Gasteiger partial charge < -0.3 is 24.5 Å². The largest absolute Gasteiger partial charge is 0.434 e. The molecule has 3 unspecified atom stereocenters. The Morgan fingerprint density at radius 2 is 1.83 bits per heavy atom. The number of aryl methyl sites for hydroxylation is 1. The van der Waals surface area contributed by atoms with E-state index in [1.54, 1.807) is 24.0 Å². The first-order chi connectivity index (χ1) is 16.7. The van der Waals surface area contributed by atoms with Crippen molar-refractivity contribution >= 4 is 28.9 Å². The van der Waals surface area contributed by atoms with Crippen LogP contribution in [0.4, 0.5) is 4.79 Å². The predicted molar refractivity (Wildman–Crippen MR) is 129 cm³/mol. The van der Waals surface area contributed by atoms with Gasteiger partial charge in [0.05, 0.1) is 19.1 Å². The summed E-state index contributed by atoms with van der Waals surface area (Å²) in [5.74, 6) is -2.47. The van der Waals surface area contributed by atoms with E-state index in [-0.39, 0.29) is 17.7 Å². The molecule has 35 heavy (non-hydrogen) atoms. The first-order valence-corrected chi connectivity index (χ1v) is 12.5. The Kier molecular flexibility index (Phi) is 7.44. The molecular weight excluding hydrogens is 450 g/mol. The summed E-state index contributed by atoms with van der Waals surface area (Å²) in [5, 5.41) is 0. The molecule has 9 heteroatoms. The minimum Gasteiger partial charge on any atom is -0.434 e. The molecule has 0 radical (unpaired) electrons. The number of nitrogens with zero attached hydrogens (tertiary/aromatic N) is 2. The molecule has 190 valence electrons. The van der Waals surface area contributed by atoms with Crippen LogP contribution in [-0.4, -0.2) is 59.6 Å². The van der Waals surface area contributed by atoms with Gasteiger partial charge in [-0.1, -0.05) is 45.1 Å². The number of carbonyl (C=O) groups excluding carboxylic acids is 3. The molecule has 9 nitrogen and oxygen atoms in total. The number of ketones is 1. The average molecular weight is 486 g/mol. The number of nitrogens with two attached hydrogens (primary N) is 1. The lowest BCUT2D eigenvalue weighted by molar-refractivity contribution is -0.150. The number of oxazole rings is 1. The number of carbonyl (C=O) groups is 3. The molecular formula is C26H35N3O6. The molecule has 1 aromatic heterocycles. The van der Waals surface area contributed by atoms with Gasteiger partial charge in [0.2, 0.25) is 5.91 Å². The minimum absolute atomic E-state index is 0.0820. The van der Waals surface area contributed by atoms with Gasteiger partial charge in [0.15, 0.2) is 11.2 Å². The molecule has 0 bridgehead atoms. The maximum Gasteiger partial charge on any atom is 0.405 e. The fourth-order valence-corrected chi connectivity index (χ4v) is 5.71. The number of fused-ring (bicyclic) bond motifs is 1. The Balaban J connectivity index is 1.81. The highest BCUT2D eigenvalue weighted by Crippen LogP contribution is 2.44. The van der Waals surface area contributed by atoms with Crippen LogP contribution in [0, 0.1) is 24.7 Å². The SMILES string of the molecule is Cc1ccc2nc(C(=O)C(OC(N)=O)(C(C)C(=O)N3CCOCC3)C(C)C3CCCCC3)oc2c1. The van der Waals surface area contributed by atoms with Gasteiger partial charge in [-0.3, -0.25) is 9.59 Å². The lowest BCUT2D eigenvalue weighted by Crippen LogP contribution is -2.61. The van der Waals surface area contributed by atoms with Gasteiger partial charge in [-0.05, 0) is 37.5 Å². The van der Waals surface area contributed by atoms with Crippen LogP contribution in [0.5, 0.6) is 0 Å². The molecule has 1 saturated carbocycles. The monoisotopic (exact) mass is 485 g/mol. The molecule has 1 aromatic carbocycles. The van der Waals surface area contributed by atoms with E-state index in [0.29, 0.717) is 37.4 Å². The smallest absolute Gasteiger partial charge is 0.405 e. The van der Waals surface area contributed by atoms with E-state index in [4.69, 9.17) is 19.6 Å². The van der Waals surface area contributed by atoms with E-state index in [1.807, 2.05) is 19.9 Å². The van der Waals surface area contributed by atoms with Crippen LogP contribution in [0.25, 0.3) is 11.1 Å². The van der Waals surface area contributed by atoms with Crippen LogP contribution in [-0.2, 0) is 14.3 Å². The molecule has 2 heterocycles. The lowest BCUT2D eigenvalue weighted by Gasteiger charge is -2.45. The summed E-state index contributed by atoms with van der Waals surface area (Å²) in [6.45, 7) is 7.08. The van der Waals surface area contributed by atoms with Crippen LogP contribution in [0.15, 0.2) is 22.6 Å². The number of primary amides is 1. The van der Waals surface area contributed by atoms with Crippen molar-refractivity contribution < 1.29 is 28.3 Å². The molecule has 3 atom stereocenters. The fraction of sp³-hybridized carbons (Fsp3) is 0.615. The van der Waals surface area contributed by atoms with E-state index >= 15 is 0 Å². The first-order valence-electron chi connectivity index (χ1n) is 12.5. The Morgan fingerprint density at radius 1 is 1.14 bits per heavy atom. The molecule has 1 saturated heterocycles. The Bertz CT molecular complexity index is 1090. The summed E-state index contributed by atoms with van der Waals surface area (Å²) in [6.07, 6.45) is 3.81. The van der Waals surface area contributed by atoms with E-state index in [2.05, 4.69) is 4.98 Å². The van der Waals surface area contributed by atoms with Crippen LogP contribution in [0.3, 0.4) is 0 Å². The van der Waals surface area contributed by atoms with Crippen molar-refractivity contribution in [1.82, 2.24) is 9.88 Å². The standard InChI is InChI=1S/C26H35N3O6/c1-16-9-10-20-21(15-16)34-23(28-20)22(30)26(35-25(27)32,17(2)19-7-5-4-6-8-19)18(3)24(31)29-11-13-33-14-12-29/h9-10,15,17-19H,4-8,11-14H2,1-3H3,(H2,27,32). The van der Waals surface area contributed by atoms with Crippen molar-refractivity contribution in [2.75, 3.05) is 26.3 Å². The predicted octanol–water partition coefficient (Wildman–Crippen LogP) is 3.86. The maximum absolute atomic E-state index is 14.3. The van der Waals surface area contributed by atoms with Crippen molar-refractivity contribution in [3.63, 3.8) is 0 Å². The second-order valence-electron chi connectivity index (χ2n) is 9.88. The van der Waals surface area contributed by atoms with Gasteiger partial charge in [0.1, 0.15) is 5.52 Å². The van der Waals surface area contributed by atoms with Gasteiger partial charge in [0, 0.05) is 19.0 Å². The topological polar surface area (TPSA) is 125 Å². The molecule has 0 spiro atoms. The zero-order valence-corrected chi connectivity index (χ0v) is 20.7. The molecule has 1 aliphatic heterocycles. The molecule has 1 aliphatic carbocycles. The number of morpholine rings is 1. The zero-order valence-electron chi connectivity index (χ0n) is 20.7. The van der Waals surface area contributed by atoms with Crippen LogP contribution in [0.2, 0.25) is 0 Å². The number of Topliss-reactive ketones (excluding diaryl/α,β-unsaturated/α-hetero) is 1. The zero-order chi connectivity index (χ0) is 25.2. The third-order valence-corrected chi connectivity index (χ3v) is 7.73. The van der Waals surface area contributed by atoms with E-state index < -0.39 is 29.3 Å². The van der Waals surface area contributed by atoms with Crippen LogP contribution < -0.4 is 5.73 Å². The van der Waals surface area contributed by atoms with Crippen LogP contribution in [0.1, 0.15) is 62.2 Å². The highest BCUT2D eigenvalue weighted by molar-refractivity contribution is 6.05. The van der Waals surface area contributed by atoms with E-state index in [9.17, 15) is 14.4 Å². The fourth-order valence-electron chi connectivity index (χ4n) is 5.71. The number of benzene rings is 1. The Labute approximate surface area is 205 Å². The lowest BCUT2D eigenvalue weighted by atomic mass is 9.66. The van der Waals surface area contributed by atoms with Gasteiger partial charge >= 0.3 is 6.09 Å². The van der Waals surface area contributed by atoms with Crippen molar-refractivity contribution in [2.45, 2.75) is 58.5 Å². The number of hydrogen-bond acceptors (Lipinski definition) is 7. The first kappa shape index (κ1) is 25.2. The van der Waals surface area contributed by atoms with Crippen molar-refractivity contribution in [3.8, 4) is 0 Å². The molecule has 4 rings (SSSR count). The van der Waals surface area contributed by atoms with Crippen LogP contribution >= 0.6 is 0 Å². The van der Waals surface area contributed by atoms with Crippen molar-refractivity contribution in [2.24, 2.45) is 23.5 Å². The van der Waals surface area contributed by atoms with Crippen molar-refractivity contribution in [3.05, 3.63) is 29.7 Å². The van der Waals surface area contributed by atoms with Gasteiger partial charge in [-0.15, -0.1) is 0 Å². The van der Waals surface area contributed by atoms with E-state index in [1.165, 1.54) is 0 Å². The summed E-state index contributed by atoms with van der Waals surface area (Å²) < 4.78 is 17.0. The average Bonchev–Trinajstić information content (AvgIpc) is 3.29. The number of hydrogen-bond donors (Lipinski definition) is 1. The Morgan fingerprint density at radius 3 is 2.49 bits per heavy atom. The summed E-state index contributed by atoms with van der Waals surface area (Å²) in [5.41, 5.74) is 5.65. The van der Waals surface area contributed by atoms with Crippen molar-refractivity contribution in [1.29, 1.82) is 0 Å². The maximum atomic E-state index is 14.3. The third kappa shape index (κ3) is 4.91. The highest BCUT2D eigenvalue weighted by Gasteiger charge is 2.58. The molecule has 2 fully saturated rings. The number of rotatable bonds is 7. The quantitative estimate of drug-likeness (QED) is 0.590. The highest BCUT2D eigenvalue weighted by atomic mass is 16.6. The second-order valence-corrected chi connectivity index (χ2v) is 9.88. The summed E-state index contributed by atoms with van der Waals surface area (Å²) >= 11 is 0. The molecule has 2 aromatic rings. The van der Waals surface area contributed by atoms with Gasteiger partial charge in [0.25, 0.3) is 11.7 Å². The number of ether oxygens (including phenoxy) is 2. The minimum atomic E-state index is -1.85. The molecule has 2 N–H and O–H groups in total. The van der Waals surface area contributed by atoms with Gasteiger partial charge in [-0.2, -0.15) is 0 Å². The summed E-state index contributed by atoms with van der Waals surface area (Å²) in [7, 11) is 0. The summed E-state index contributed by atoms with van der Waals surface area (Å²) in [4.78, 5) is 46.4. The number of aromatic nitrogens is 1. The second kappa shape index (κ2) is 10.4. The van der Waals surface area contributed by atoms with Gasteiger partial charge in [-0.25, -0.2) is 9.78 Å². The Hall–Kier alpha value is -2.94. The normalized spacial score (nSPS) is 20.7. The molecule has 2 amide bonds.